The second-order valence-electron chi connectivity index (χ2n) is 4.17. The molecule has 3 heteroatoms. The van der Waals surface area contributed by atoms with Gasteiger partial charge in [0.15, 0.2) is 0 Å². The number of nitrogens with two attached hydrogens (primary N) is 1. The van der Waals surface area contributed by atoms with Crippen LogP contribution in [0.5, 0.6) is 0 Å². The molecule has 13 heavy (non-hydrogen) atoms. The molecule has 0 aliphatic heterocycles. The molecule has 0 bridgehead atoms. The number of rotatable bonds is 3. The van der Waals surface area contributed by atoms with E-state index in [0.717, 1.165) is 12.2 Å². The predicted octanol–water partition coefficient (Wildman–Crippen LogP) is 2.11. The van der Waals surface area contributed by atoms with Crippen molar-refractivity contribution in [1.82, 2.24) is 0 Å². The first-order valence-corrected chi connectivity index (χ1v) is 7.89. The van der Waals surface area contributed by atoms with Gasteiger partial charge in [-0.2, -0.15) is 0 Å². The molecule has 0 fully saturated rings. The fourth-order valence-electron chi connectivity index (χ4n) is 1.23. The third kappa shape index (κ3) is 3.28. The van der Waals surface area contributed by atoms with E-state index >= 15 is 0 Å². The highest BCUT2D eigenvalue weighted by Gasteiger charge is 2.18. The number of hydrogen-bond acceptors (Lipinski definition) is 1. The molecule has 0 aliphatic carbocycles. The molecule has 1 nitrogen and oxygen atoms in total. The lowest BCUT2D eigenvalue weighted by molar-refractivity contribution is 0.627. The Morgan fingerprint density at radius 3 is 2.23 bits per heavy atom. The van der Waals surface area contributed by atoms with E-state index in [1.165, 1.54) is 17.7 Å². The maximum atomic E-state index is 12.6. The molecule has 72 valence electrons. The third-order valence-electron chi connectivity index (χ3n) is 2.15. The van der Waals surface area contributed by atoms with Crippen molar-refractivity contribution in [3.63, 3.8) is 0 Å². The molecule has 0 radical (unpaired) electrons. The lowest BCUT2D eigenvalue weighted by atomic mass is 10.2. The summed E-state index contributed by atoms with van der Waals surface area (Å²) < 4.78 is 12.6. The molecule has 1 rings (SSSR count). The molecular formula is C10H16FNSi. The van der Waals surface area contributed by atoms with Crippen molar-refractivity contribution in [2.75, 3.05) is 6.17 Å². The van der Waals surface area contributed by atoms with Crippen LogP contribution in [0.25, 0.3) is 0 Å². The molecule has 0 spiro atoms. The van der Waals surface area contributed by atoms with Crippen LogP contribution in [0.15, 0.2) is 24.3 Å². The Hall–Kier alpha value is -0.673. The van der Waals surface area contributed by atoms with Crippen molar-refractivity contribution in [3.05, 3.63) is 35.6 Å². The van der Waals surface area contributed by atoms with Crippen molar-refractivity contribution in [1.29, 1.82) is 0 Å². The molecule has 0 aliphatic rings. The van der Waals surface area contributed by atoms with Crippen LogP contribution in [0.3, 0.4) is 0 Å². The Morgan fingerprint density at radius 1 is 1.23 bits per heavy atom. The van der Waals surface area contributed by atoms with Gasteiger partial charge in [0.25, 0.3) is 0 Å². The number of benzene rings is 1. The summed E-state index contributed by atoms with van der Waals surface area (Å²) in [6.07, 6.45) is 0.782. The van der Waals surface area contributed by atoms with E-state index in [0.29, 0.717) is 0 Å². The van der Waals surface area contributed by atoms with Gasteiger partial charge in [0, 0.05) is 0 Å². The van der Waals surface area contributed by atoms with Gasteiger partial charge in [-0.3, -0.25) is 0 Å². The SMILES string of the molecule is C[Si](C)(CN)Cc1ccc(F)cc1. The standard InChI is InChI=1S/C10H16FNSi/c1-13(2,8-12)7-9-3-5-10(11)6-4-9/h3-6H,7-8,12H2,1-2H3. The van der Waals surface area contributed by atoms with Crippen LogP contribution in [0.4, 0.5) is 4.39 Å². The van der Waals surface area contributed by atoms with Crippen molar-refractivity contribution in [2.45, 2.75) is 19.1 Å². The second kappa shape index (κ2) is 4.02. The topological polar surface area (TPSA) is 26.0 Å². The minimum Gasteiger partial charge on any atom is -0.333 e. The fraction of sp³-hybridized carbons (Fsp3) is 0.400. The maximum absolute atomic E-state index is 12.6. The fourth-order valence-corrected chi connectivity index (χ4v) is 2.71. The lowest BCUT2D eigenvalue weighted by Crippen LogP contribution is -2.39. The minimum atomic E-state index is -1.28. The Kier molecular flexibility index (Phi) is 3.22. The van der Waals surface area contributed by atoms with Crippen LogP contribution in [0.1, 0.15) is 5.56 Å². The van der Waals surface area contributed by atoms with Crippen molar-refractivity contribution >= 4 is 8.07 Å². The van der Waals surface area contributed by atoms with E-state index in [-0.39, 0.29) is 5.82 Å². The summed E-state index contributed by atoms with van der Waals surface area (Å²) in [5, 5.41) is 0. The number of halogens is 1. The van der Waals surface area contributed by atoms with Crippen LogP contribution in [-0.2, 0) is 6.04 Å². The molecule has 0 aromatic heterocycles. The molecule has 0 atom stereocenters. The molecule has 1 aromatic rings. The van der Waals surface area contributed by atoms with E-state index in [1.807, 2.05) is 12.1 Å². The van der Waals surface area contributed by atoms with E-state index in [4.69, 9.17) is 5.73 Å². The quantitative estimate of drug-likeness (QED) is 0.738. The van der Waals surface area contributed by atoms with Gasteiger partial charge in [0.2, 0.25) is 0 Å². The van der Waals surface area contributed by atoms with Crippen molar-refractivity contribution in [3.8, 4) is 0 Å². The zero-order valence-corrected chi connectivity index (χ0v) is 9.18. The van der Waals surface area contributed by atoms with E-state index in [9.17, 15) is 4.39 Å². The monoisotopic (exact) mass is 197 g/mol. The van der Waals surface area contributed by atoms with Crippen molar-refractivity contribution in [2.24, 2.45) is 5.73 Å². The summed E-state index contributed by atoms with van der Waals surface area (Å²) in [5.41, 5.74) is 6.87. The smallest absolute Gasteiger partial charge is 0.123 e. The molecule has 0 saturated heterocycles. The van der Waals surface area contributed by atoms with Gasteiger partial charge >= 0.3 is 0 Å². The van der Waals surface area contributed by atoms with Crippen LogP contribution in [0, 0.1) is 5.82 Å². The van der Waals surface area contributed by atoms with E-state index < -0.39 is 8.07 Å². The summed E-state index contributed by atoms with van der Waals surface area (Å²) in [6, 6.07) is 7.75. The van der Waals surface area contributed by atoms with Gasteiger partial charge in [-0.1, -0.05) is 30.8 Å². The highest BCUT2D eigenvalue weighted by molar-refractivity contribution is 6.77. The molecule has 2 N–H and O–H groups in total. The average Bonchev–Trinajstić information content (AvgIpc) is 2.09. The first-order chi connectivity index (χ1) is 6.03. The summed E-state index contributed by atoms with van der Waals surface area (Å²) in [7, 11) is -1.28. The highest BCUT2D eigenvalue weighted by atomic mass is 28.3. The van der Waals surface area contributed by atoms with Crippen LogP contribution < -0.4 is 5.73 Å². The van der Waals surface area contributed by atoms with Gasteiger partial charge in [-0.15, -0.1) is 0 Å². The molecule has 0 unspecified atom stereocenters. The zero-order valence-electron chi connectivity index (χ0n) is 8.18. The Bertz CT molecular complexity index is 269. The summed E-state index contributed by atoms with van der Waals surface area (Å²) in [6.45, 7) is 4.49. The average molecular weight is 197 g/mol. The highest BCUT2D eigenvalue weighted by Crippen LogP contribution is 2.11. The van der Waals surface area contributed by atoms with E-state index in [2.05, 4.69) is 13.1 Å². The maximum Gasteiger partial charge on any atom is 0.123 e. The zero-order chi connectivity index (χ0) is 9.90. The lowest BCUT2D eigenvalue weighted by Gasteiger charge is -2.19. The van der Waals surface area contributed by atoms with Gasteiger partial charge in [-0.05, 0) is 24.3 Å². The Labute approximate surface area is 79.8 Å². The molecule has 0 saturated carbocycles. The third-order valence-corrected chi connectivity index (χ3v) is 4.62. The number of hydrogen-bond donors (Lipinski definition) is 1. The van der Waals surface area contributed by atoms with Crippen LogP contribution >= 0.6 is 0 Å². The van der Waals surface area contributed by atoms with Crippen molar-refractivity contribution < 1.29 is 4.39 Å². The van der Waals surface area contributed by atoms with Gasteiger partial charge in [-0.25, -0.2) is 4.39 Å². The summed E-state index contributed by atoms with van der Waals surface area (Å²) in [5.74, 6) is -0.170. The Balaban J connectivity index is 2.69. The molecule has 1 aromatic carbocycles. The summed E-state index contributed by atoms with van der Waals surface area (Å²) in [4.78, 5) is 0. The Morgan fingerprint density at radius 2 is 1.77 bits per heavy atom. The predicted molar refractivity (Wildman–Crippen MR) is 56.6 cm³/mol. The molecule has 0 heterocycles. The molecule has 0 amide bonds. The second-order valence-corrected chi connectivity index (χ2v) is 9.26. The van der Waals surface area contributed by atoms with Crippen LogP contribution in [-0.4, -0.2) is 14.2 Å². The van der Waals surface area contributed by atoms with Gasteiger partial charge in [0.1, 0.15) is 5.82 Å². The minimum absolute atomic E-state index is 0.170. The largest absolute Gasteiger partial charge is 0.333 e. The van der Waals surface area contributed by atoms with Gasteiger partial charge in [0.05, 0.1) is 8.07 Å². The first-order valence-electron chi connectivity index (χ1n) is 4.48. The normalized spacial score (nSPS) is 11.7. The first kappa shape index (κ1) is 10.4. The van der Waals surface area contributed by atoms with Crippen LogP contribution in [0.2, 0.25) is 13.1 Å². The van der Waals surface area contributed by atoms with E-state index in [1.54, 1.807) is 0 Å². The van der Waals surface area contributed by atoms with Gasteiger partial charge < -0.3 is 5.73 Å². The molecular weight excluding hydrogens is 181 g/mol. The summed E-state index contributed by atoms with van der Waals surface area (Å²) >= 11 is 0.